The fourth-order valence-electron chi connectivity index (χ4n) is 4.89. The van der Waals surface area contributed by atoms with Crippen molar-refractivity contribution in [3.63, 3.8) is 0 Å². The van der Waals surface area contributed by atoms with Crippen molar-refractivity contribution in [2.45, 2.75) is 31.2 Å². The van der Waals surface area contributed by atoms with E-state index in [9.17, 15) is 14.4 Å². The van der Waals surface area contributed by atoms with Crippen LogP contribution in [-0.4, -0.2) is 64.2 Å². The monoisotopic (exact) mass is 448 g/mol. The lowest BCUT2D eigenvalue weighted by Gasteiger charge is -2.32. The van der Waals surface area contributed by atoms with Crippen LogP contribution in [0.2, 0.25) is 0 Å². The molecule has 2 saturated heterocycles. The summed E-state index contributed by atoms with van der Waals surface area (Å²) in [6, 6.07) is 5.19. The summed E-state index contributed by atoms with van der Waals surface area (Å²) in [4.78, 5) is 45.2. The molecule has 2 atom stereocenters. The highest BCUT2D eigenvalue weighted by atomic mass is 16.2. The number of imide groups is 1. The predicted molar refractivity (Wildman–Crippen MR) is 120 cm³/mol. The maximum absolute atomic E-state index is 12.4. The van der Waals surface area contributed by atoms with E-state index in [1.165, 1.54) is 0 Å². The number of aliphatic imine (C=N–C) groups is 2. The van der Waals surface area contributed by atoms with Crippen LogP contribution in [0, 0.1) is 0 Å². The van der Waals surface area contributed by atoms with Crippen molar-refractivity contribution >= 4 is 47.2 Å². The number of benzene rings is 1. The van der Waals surface area contributed by atoms with Gasteiger partial charge in [0.15, 0.2) is 6.20 Å². The second kappa shape index (κ2) is 6.33. The molecule has 0 radical (unpaired) electrons. The molecule has 1 aromatic rings. The van der Waals surface area contributed by atoms with Crippen molar-refractivity contribution in [1.29, 1.82) is 0 Å². The van der Waals surface area contributed by atoms with E-state index in [1.807, 2.05) is 37.1 Å². The number of nitrogens with one attached hydrogen (secondary N) is 4. The van der Waals surface area contributed by atoms with Gasteiger partial charge in [0.2, 0.25) is 5.91 Å². The summed E-state index contributed by atoms with van der Waals surface area (Å²) in [6.07, 6.45) is 5.51. The van der Waals surface area contributed by atoms with E-state index in [2.05, 4.69) is 31.3 Å². The van der Waals surface area contributed by atoms with Crippen LogP contribution in [0.5, 0.6) is 0 Å². The van der Waals surface area contributed by atoms with Crippen molar-refractivity contribution in [1.82, 2.24) is 15.6 Å². The van der Waals surface area contributed by atoms with Crippen LogP contribution in [0.4, 0.5) is 16.2 Å². The number of amides is 4. The first kappa shape index (κ1) is 19.8. The Morgan fingerprint density at radius 2 is 2.00 bits per heavy atom. The van der Waals surface area contributed by atoms with E-state index in [4.69, 9.17) is 5.10 Å². The second-order valence-electron chi connectivity index (χ2n) is 9.21. The van der Waals surface area contributed by atoms with Crippen molar-refractivity contribution < 1.29 is 19.1 Å². The number of anilines is 2. The van der Waals surface area contributed by atoms with Gasteiger partial charge in [-0.25, -0.2) is 4.79 Å². The zero-order valence-corrected chi connectivity index (χ0v) is 18.0. The normalized spacial score (nSPS) is 31.2. The minimum Gasteiger partial charge on any atom is -0.325 e. The minimum atomic E-state index is -0.978. The third-order valence-corrected chi connectivity index (χ3v) is 6.82. The first-order valence-corrected chi connectivity index (χ1v) is 10.6. The summed E-state index contributed by atoms with van der Waals surface area (Å²) < 4.78 is -0.0779. The van der Waals surface area contributed by atoms with Crippen LogP contribution >= 0.6 is 0 Å². The molecule has 1 spiro atoms. The largest absolute Gasteiger partial charge is 0.325 e. The minimum absolute atomic E-state index is 0.0397. The van der Waals surface area contributed by atoms with E-state index in [0.717, 1.165) is 16.9 Å². The van der Waals surface area contributed by atoms with Gasteiger partial charge < -0.3 is 16.0 Å². The molecule has 5 heterocycles. The molecular weight excluding hydrogens is 426 g/mol. The lowest BCUT2D eigenvalue weighted by atomic mass is 9.86. The van der Waals surface area contributed by atoms with Gasteiger partial charge in [-0.1, -0.05) is 6.07 Å². The van der Waals surface area contributed by atoms with Gasteiger partial charge in [-0.2, -0.15) is 0 Å². The van der Waals surface area contributed by atoms with Gasteiger partial charge >= 0.3 is 11.9 Å². The Morgan fingerprint density at radius 1 is 1.15 bits per heavy atom. The Morgan fingerprint density at radius 3 is 2.79 bits per heavy atom. The molecule has 4 amide bonds. The molecule has 33 heavy (non-hydrogen) atoms. The zero-order valence-electron chi connectivity index (χ0n) is 18.0. The number of amidine groups is 1. The number of carbonyl (C=O) groups is 3. The first-order chi connectivity index (χ1) is 15.7. The highest BCUT2D eigenvalue weighted by molar-refractivity contribution is 6.30. The van der Waals surface area contributed by atoms with Gasteiger partial charge in [-0.15, -0.1) is 10.0 Å². The van der Waals surface area contributed by atoms with Crippen LogP contribution in [0.25, 0.3) is 0 Å². The van der Waals surface area contributed by atoms with E-state index >= 15 is 0 Å². The van der Waals surface area contributed by atoms with Crippen LogP contribution in [0.15, 0.2) is 45.7 Å². The van der Waals surface area contributed by atoms with Crippen molar-refractivity contribution in [3.05, 3.63) is 36.2 Å². The molecule has 5 aliphatic heterocycles. The number of guanidine groups is 1. The molecule has 1 aromatic carbocycles. The fraction of sp³-hybridized carbons (Fsp3) is 0.333. The number of hydrogen-bond acceptors (Lipinski definition) is 8. The van der Waals surface area contributed by atoms with E-state index < -0.39 is 17.0 Å². The molecule has 12 nitrogen and oxygen atoms in total. The Kier molecular flexibility index (Phi) is 3.79. The standard InChI is InChI=1S/C21H21N9O3/c1-20(2)13-4-3-12(9-14(13)24-16(20)31)23-18-25-15-10-22-6-8-30(15,28-18)29-7-5-21(11-29)17(32)26-19(33)27-21/h3-4,6,8-10H,5,7,11H2,1-2H3,(H3-,23,24,26,27,28,31,32,33)/p+1. The number of carbonyl (C=O) groups excluding carboxylic acids is 3. The van der Waals surface area contributed by atoms with Crippen LogP contribution in [0.1, 0.15) is 25.8 Å². The molecule has 2 fully saturated rings. The molecule has 168 valence electrons. The first-order valence-electron chi connectivity index (χ1n) is 10.6. The lowest BCUT2D eigenvalue weighted by molar-refractivity contribution is -0.915. The summed E-state index contributed by atoms with van der Waals surface area (Å²) in [5, 5.41) is 18.0. The van der Waals surface area contributed by atoms with Gasteiger partial charge in [0.1, 0.15) is 11.8 Å². The molecule has 0 aromatic heterocycles. The molecule has 0 aliphatic carbocycles. The van der Waals surface area contributed by atoms with E-state index in [1.54, 1.807) is 18.6 Å². The Labute approximate surface area is 188 Å². The SMILES string of the molecule is CC1(C)C(=O)Nc2cc(NC3=N[N+]4(N5CCC6(C5)NC(=O)NC6=O)C=CN=CC4=N3)ccc21. The van der Waals surface area contributed by atoms with Gasteiger partial charge in [-0.05, 0) is 47.8 Å². The number of nitrogens with zero attached hydrogens (tertiary/aromatic N) is 5. The van der Waals surface area contributed by atoms with E-state index in [-0.39, 0.29) is 23.1 Å². The highest BCUT2D eigenvalue weighted by Gasteiger charge is 2.58. The average molecular weight is 448 g/mol. The zero-order chi connectivity index (χ0) is 23.0. The molecule has 4 N–H and O–H groups in total. The summed E-state index contributed by atoms with van der Waals surface area (Å²) in [5.41, 5.74) is 0.869. The molecule has 0 saturated carbocycles. The third kappa shape index (κ3) is 2.71. The van der Waals surface area contributed by atoms with Crippen molar-refractivity contribution in [3.8, 4) is 0 Å². The Hall–Kier alpha value is -3.90. The summed E-state index contributed by atoms with van der Waals surface area (Å²) in [7, 11) is 0. The lowest BCUT2D eigenvalue weighted by Crippen LogP contribution is -2.58. The smallest absolute Gasteiger partial charge is 0.322 e. The summed E-state index contributed by atoms with van der Waals surface area (Å²) in [5.74, 6) is 0.567. The van der Waals surface area contributed by atoms with Crippen LogP contribution in [-0.2, 0) is 15.0 Å². The number of hydrogen-bond donors (Lipinski definition) is 4. The van der Waals surface area contributed by atoms with Crippen molar-refractivity contribution in [2.75, 3.05) is 23.7 Å². The highest BCUT2D eigenvalue weighted by Crippen LogP contribution is 2.39. The predicted octanol–water partition coefficient (Wildman–Crippen LogP) is 0.583. The van der Waals surface area contributed by atoms with E-state index in [0.29, 0.717) is 24.8 Å². The van der Waals surface area contributed by atoms with Gasteiger partial charge in [0, 0.05) is 11.4 Å². The maximum Gasteiger partial charge on any atom is 0.322 e. The molecule has 0 bridgehead atoms. The topological polar surface area (TPSA) is 140 Å². The quantitative estimate of drug-likeness (QED) is 0.387. The van der Waals surface area contributed by atoms with Crippen molar-refractivity contribution in [2.24, 2.45) is 15.1 Å². The Bertz CT molecular complexity index is 1260. The summed E-state index contributed by atoms with van der Waals surface area (Å²) >= 11 is 0. The van der Waals surface area contributed by atoms with Gasteiger partial charge in [-0.3, -0.25) is 19.9 Å². The number of rotatable bonds is 2. The fourth-order valence-corrected chi connectivity index (χ4v) is 4.89. The molecule has 6 rings (SSSR count). The van der Waals surface area contributed by atoms with Gasteiger partial charge in [0.25, 0.3) is 11.9 Å². The molecule has 12 heteroatoms. The maximum atomic E-state index is 12.4. The second-order valence-corrected chi connectivity index (χ2v) is 9.21. The van der Waals surface area contributed by atoms with Crippen LogP contribution < -0.4 is 21.3 Å². The Balaban J connectivity index is 1.29. The number of quaternary nitrogens is 1. The number of urea groups is 1. The van der Waals surface area contributed by atoms with Gasteiger partial charge in [0.05, 0.1) is 24.7 Å². The molecule has 5 aliphatic rings. The van der Waals surface area contributed by atoms with Crippen LogP contribution in [0.3, 0.4) is 0 Å². The summed E-state index contributed by atoms with van der Waals surface area (Å²) in [6.45, 7) is 4.57. The third-order valence-electron chi connectivity index (χ3n) is 6.82. The molecular formula is C21H22N9O3+. The molecule has 2 unspecified atom stereocenters. The average Bonchev–Trinajstić information content (AvgIpc) is 3.47. The number of fused-ring (bicyclic) bond motifs is 2.